The fourth-order valence-corrected chi connectivity index (χ4v) is 5.99. The average molecular weight is 494 g/mol. The molecule has 1 aromatic carbocycles. The zero-order valence-corrected chi connectivity index (χ0v) is 20.5. The Bertz CT molecular complexity index is 1120. The molecule has 0 spiro atoms. The van der Waals surface area contributed by atoms with E-state index in [1.54, 1.807) is 0 Å². The van der Waals surface area contributed by atoms with E-state index in [9.17, 15) is 18.0 Å². The Hall–Kier alpha value is -2.66. The van der Waals surface area contributed by atoms with Gasteiger partial charge in [0.1, 0.15) is 6.54 Å². The number of hydrazone groups is 1. The number of carbonyl (C=O) groups excluding carboxylic acids is 2. The molecule has 2 saturated carbocycles. The molecule has 4 rings (SSSR count). The lowest BCUT2D eigenvalue weighted by Gasteiger charge is -2.34. The first kappa shape index (κ1) is 24.5. The summed E-state index contributed by atoms with van der Waals surface area (Å²) in [5.74, 6) is -0.107. The van der Waals surface area contributed by atoms with Gasteiger partial charge < -0.3 is 14.2 Å². The quantitative estimate of drug-likeness (QED) is 0.438. The van der Waals surface area contributed by atoms with Crippen molar-refractivity contribution in [1.29, 1.82) is 0 Å². The van der Waals surface area contributed by atoms with Gasteiger partial charge in [0.15, 0.2) is 18.1 Å². The lowest BCUT2D eigenvalue weighted by molar-refractivity contribution is -0.147. The molecular weight excluding hydrogens is 462 g/mol. The number of benzene rings is 1. The Morgan fingerprint density at radius 1 is 1.18 bits per heavy atom. The summed E-state index contributed by atoms with van der Waals surface area (Å²) >= 11 is 0. The third-order valence-corrected chi connectivity index (χ3v) is 9.03. The Kier molecular flexibility index (Phi) is 6.61. The van der Waals surface area contributed by atoms with E-state index in [0.29, 0.717) is 37.1 Å². The smallest absolute Gasteiger partial charge is 0.321 e. The van der Waals surface area contributed by atoms with Gasteiger partial charge in [-0.25, -0.2) is 13.8 Å². The van der Waals surface area contributed by atoms with Gasteiger partial charge in [-0.3, -0.25) is 9.59 Å². The minimum atomic E-state index is -3.99. The van der Waals surface area contributed by atoms with Crippen molar-refractivity contribution in [2.75, 3.05) is 26.4 Å². The van der Waals surface area contributed by atoms with E-state index >= 15 is 0 Å². The summed E-state index contributed by atoms with van der Waals surface area (Å²) in [6.45, 7) is 6.40. The first-order valence-electron chi connectivity index (χ1n) is 11.4. The van der Waals surface area contributed by atoms with Gasteiger partial charge in [-0.1, -0.05) is 20.8 Å². The van der Waals surface area contributed by atoms with E-state index in [4.69, 9.17) is 14.2 Å². The monoisotopic (exact) mass is 493 g/mol. The van der Waals surface area contributed by atoms with E-state index < -0.39 is 35.1 Å². The van der Waals surface area contributed by atoms with Crippen LogP contribution in [0.4, 0.5) is 0 Å². The zero-order valence-electron chi connectivity index (χ0n) is 19.7. The molecule has 186 valence electrons. The maximum atomic E-state index is 12.5. The van der Waals surface area contributed by atoms with Crippen LogP contribution in [-0.4, -0.2) is 52.4 Å². The minimum absolute atomic E-state index is 0.0487. The number of rotatable bonds is 7. The van der Waals surface area contributed by atoms with Crippen molar-refractivity contribution in [2.24, 2.45) is 21.8 Å². The number of hydrogen-bond donors (Lipinski definition) is 2. The van der Waals surface area contributed by atoms with Crippen molar-refractivity contribution >= 4 is 27.6 Å². The van der Waals surface area contributed by atoms with Crippen LogP contribution in [0.1, 0.15) is 46.5 Å². The van der Waals surface area contributed by atoms with Crippen LogP contribution in [0, 0.1) is 16.7 Å². The van der Waals surface area contributed by atoms with Crippen molar-refractivity contribution in [3.05, 3.63) is 18.2 Å². The number of fused-ring (bicyclic) bond motifs is 3. The molecule has 2 bridgehead atoms. The predicted octanol–water partition coefficient (Wildman–Crippen LogP) is 1.99. The summed E-state index contributed by atoms with van der Waals surface area (Å²) in [7, 11) is -3.99. The number of sulfonamides is 1. The predicted molar refractivity (Wildman–Crippen MR) is 123 cm³/mol. The molecule has 2 aliphatic carbocycles. The maximum absolute atomic E-state index is 12.5. The summed E-state index contributed by atoms with van der Waals surface area (Å²) < 4.78 is 43.1. The van der Waals surface area contributed by atoms with Gasteiger partial charge >= 0.3 is 5.97 Å². The maximum Gasteiger partial charge on any atom is 0.321 e. The fourth-order valence-electron chi connectivity index (χ4n) is 5.00. The molecule has 2 atom stereocenters. The molecule has 2 unspecified atom stereocenters. The standard InChI is InChI=1S/C23H31N3O7S/c1-22(2)15-7-8-23(22,3)19(11-15)25-26-20(27)14-33-21(28)13-24-34(29,30)16-5-6-17-18(12-16)32-10-4-9-31-17/h5-6,12,15,24H,4,7-11,13-14H2,1-3H3,(H,26,27)/b25-19-. The minimum Gasteiger partial charge on any atom is -0.490 e. The summed E-state index contributed by atoms with van der Waals surface area (Å²) in [5, 5.41) is 4.31. The average Bonchev–Trinajstić information content (AvgIpc) is 3.02. The number of carbonyl (C=O) groups is 2. The van der Waals surface area contributed by atoms with Crippen LogP contribution in [0.3, 0.4) is 0 Å². The number of nitrogens with one attached hydrogen (secondary N) is 2. The van der Waals surface area contributed by atoms with Crippen LogP contribution in [0.25, 0.3) is 0 Å². The fraction of sp³-hybridized carbons (Fsp3) is 0.609. The van der Waals surface area contributed by atoms with Crippen LogP contribution >= 0.6 is 0 Å². The van der Waals surface area contributed by atoms with Crippen LogP contribution in [-0.2, 0) is 24.3 Å². The molecule has 34 heavy (non-hydrogen) atoms. The normalized spacial score (nSPS) is 26.2. The highest BCUT2D eigenvalue weighted by Gasteiger charge is 2.60. The van der Waals surface area contributed by atoms with Crippen molar-refractivity contribution in [2.45, 2.75) is 51.3 Å². The molecular formula is C23H31N3O7S. The summed E-state index contributed by atoms with van der Waals surface area (Å²) in [6, 6.07) is 4.22. The van der Waals surface area contributed by atoms with Gasteiger partial charge in [-0.2, -0.15) is 9.82 Å². The number of hydrogen-bond acceptors (Lipinski definition) is 8. The summed E-state index contributed by atoms with van der Waals surface area (Å²) in [5.41, 5.74) is 3.52. The first-order chi connectivity index (χ1) is 16.0. The number of amides is 1. The Labute approximate surface area is 199 Å². The third kappa shape index (κ3) is 4.63. The summed E-state index contributed by atoms with van der Waals surface area (Å²) in [6.07, 6.45) is 3.75. The summed E-state index contributed by atoms with van der Waals surface area (Å²) in [4.78, 5) is 24.0. The van der Waals surface area contributed by atoms with Gasteiger partial charge in [0, 0.05) is 23.6 Å². The highest BCUT2D eigenvalue weighted by atomic mass is 32.2. The molecule has 2 fully saturated rings. The molecule has 1 amide bonds. The molecule has 11 heteroatoms. The molecule has 2 N–H and O–H groups in total. The molecule has 3 aliphatic rings. The van der Waals surface area contributed by atoms with Gasteiger partial charge in [0.05, 0.1) is 18.1 Å². The van der Waals surface area contributed by atoms with Gasteiger partial charge in [-0.05, 0) is 42.7 Å². The molecule has 0 aromatic heterocycles. The lowest BCUT2D eigenvalue weighted by atomic mass is 9.70. The van der Waals surface area contributed by atoms with E-state index in [1.807, 2.05) is 0 Å². The van der Waals surface area contributed by atoms with Crippen LogP contribution in [0.5, 0.6) is 11.5 Å². The zero-order chi connectivity index (χ0) is 24.6. The van der Waals surface area contributed by atoms with Crippen LogP contribution in [0.15, 0.2) is 28.2 Å². The second-order valence-electron chi connectivity index (χ2n) is 9.73. The number of nitrogens with zero attached hydrogens (tertiary/aromatic N) is 1. The van der Waals surface area contributed by atoms with Crippen molar-refractivity contribution < 1.29 is 32.2 Å². The Morgan fingerprint density at radius 3 is 2.59 bits per heavy atom. The van der Waals surface area contributed by atoms with Crippen molar-refractivity contribution in [3.8, 4) is 11.5 Å². The van der Waals surface area contributed by atoms with E-state index in [-0.39, 0.29) is 15.7 Å². The molecule has 0 saturated heterocycles. The largest absolute Gasteiger partial charge is 0.490 e. The second kappa shape index (κ2) is 9.18. The van der Waals surface area contributed by atoms with E-state index in [1.165, 1.54) is 18.2 Å². The van der Waals surface area contributed by atoms with Crippen LogP contribution < -0.4 is 19.6 Å². The SMILES string of the molecule is CC12CCC(C/C1=N/NC(=O)COC(=O)CNS(=O)(=O)c1ccc3c(c1)OCCCO3)C2(C)C. The Morgan fingerprint density at radius 2 is 1.91 bits per heavy atom. The molecule has 1 heterocycles. The van der Waals surface area contributed by atoms with Crippen molar-refractivity contribution in [1.82, 2.24) is 10.1 Å². The van der Waals surface area contributed by atoms with Gasteiger partial charge in [0.25, 0.3) is 5.91 Å². The first-order valence-corrected chi connectivity index (χ1v) is 12.9. The molecule has 1 aromatic rings. The topological polar surface area (TPSA) is 132 Å². The third-order valence-electron chi connectivity index (χ3n) is 7.63. The highest BCUT2D eigenvalue weighted by molar-refractivity contribution is 7.89. The molecule has 10 nitrogen and oxygen atoms in total. The van der Waals surface area contributed by atoms with Crippen LogP contribution in [0.2, 0.25) is 0 Å². The molecule has 1 aliphatic heterocycles. The van der Waals surface area contributed by atoms with E-state index in [2.05, 4.69) is 36.0 Å². The van der Waals surface area contributed by atoms with Gasteiger partial charge in [0.2, 0.25) is 10.0 Å². The highest BCUT2D eigenvalue weighted by Crippen LogP contribution is 2.63. The van der Waals surface area contributed by atoms with Gasteiger partial charge in [-0.15, -0.1) is 0 Å². The lowest BCUT2D eigenvalue weighted by Crippen LogP contribution is -2.35. The Balaban J connectivity index is 1.25. The molecule has 0 radical (unpaired) electrons. The van der Waals surface area contributed by atoms with Crippen molar-refractivity contribution in [3.63, 3.8) is 0 Å². The number of esters is 1. The van der Waals surface area contributed by atoms with E-state index in [0.717, 1.165) is 25.0 Å². The second-order valence-corrected chi connectivity index (χ2v) is 11.5. The number of ether oxygens (including phenoxy) is 3.